The molecule has 0 aliphatic carbocycles. The molecule has 0 amide bonds. The van der Waals surface area contributed by atoms with E-state index < -0.39 is 23.9 Å². The van der Waals surface area contributed by atoms with Crippen LogP contribution in [0.3, 0.4) is 0 Å². The second kappa shape index (κ2) is 57.5. The van der Waals surface area contributed by atoms with E-state index in [4.69, 9.17) is 9.47 Å². The Labute approximate surface area is 452 Å². The molecule has 0 saturated carbocycles. The predicted molar refractivity (Wildman–Crippen MR) is 297 cm³/mol. The summed E-state index contributed by atoms with van der Waals surface area (Å²) >= 11 is 0. The van der Waals surface area contributed by atoms with Gasteiger partial charge in [0.05, 0.1) is 23.1 Å². The van der Waals surface area contributed by atoms with Crippen LogP contribution in [0.15, 0.2) is 72.8 Å². The Morgan fingerprint density at radius 2 is 0.620 bits per heavy atom. The molecule has 4 radical (unpaired) electrons. The number of ether oxygens (including phenoxy) is 2. The number of carbonyl (C=O) groups excluding carboxylic acids is 4. The van der Waals surface area contributed by atoms with E-state index in [0.717, 1.165) is 38.5 Å². The topological polar surface area (TPSA) is 133 Å². The molecule has 0 bridgehead atoms. The van der Waals surface area contributed by atoms with E-state index in [9.17, 15) is 29.4 Å². The Hall–Kier alpha value is -3.40. The minimum atomic E-state index is -1.38. The standard InChI is InChI=1S/2C23H34O4.2C8H17.Sn/c2*1-2-3-4-5-6-7-8-9-10-11-12-13-16-19-27-23(26)21-18-15-14-17-20(21)22(24)25;2*1-3-5-7-8-6-4-2;/h2*13-18H,2-12,19H2,1H3,(H,24,25);2*1,3-8H2,2H3;/q;;;;+2/p-2/b2*16-13+;;;. The molecule has 71 heavy (non-hydrogen) atoms. The van der Waals surface area contributed by atoms with Crippen LogP contribution in [0, 0.1) is 13.8 Å². The number of allylic oxidation sites excluding steroid dienone is 2. The quantitative estimate of drug-likeness (QED) is 0.0279. The van der Waals surface area contributed by atoms with E-state index in [1.165, 1.54) is 204 Å². The fourth-order valence-corrected chi connectivity index (χ4v) is 7.51. The van der Waals surface area contributed by atoms with Crippen LogP contribution in [-0.2, 0) is 9.47 Å². The number of unbranched alkanes of at least 4 members (excludes halogenated alkanes) is 30. The van der Waals surface area contributed by atoms with E-state index in [-0.39, 0.29) is 59.4 Å². The van der Waals surface area contributed by atoms with Crippen LogP contribution >= 0.6 is 0 Å². The maximum absolute atomic E-state index is 11.9. The summed E-state index contributed by atoms with van der Waals surface area (Å²) < 4.78 is 10.2. The molecule has 0 aromatic heterocycles. The minimum absolute atomic E-state index is 0. The van der Waals surface area contributed by atoms with Gasteiger partial charge >= 0.3 is 35.8 Å². The Morgan fingerprint density at radius 1 is 0.380 bits per heavy atom. The van der Waals surface area contributed by atoms with Crippen molar-refractivity contribution in [2.45, 2.75) is 246 Å². The average molecular weight is 1090 g/mol. The number of hydrogen-bond acceptors (Lipinski definition) is 8. The zero-order valence-electron chi connectivity index (χ0n) is 45.6. The Morgan fingerprint density at radius 3 is 0.873 bits per heavy atom. The van der Waals surface area contributed by atoms with Crippen molar-refractivity contribution >= 4 is 47.8 Å². The maximum Gasteiger partial charge on any atom is 2.00 e. The van der Waals surface area contributed by atoms with Gasteiger partial charge in [-0.05, 0) is 37.8 Å². The fourth-order valence-electron chi connectivity index (χ4n) is 7.51. The summed E-state index contributed by atoms with van der Waals surface area (Å²) in [6, 6.07) is 11.8. The van der Waals surface area contributed by atoms with Crippen LogP contribution in [0.2, 0.25) is 0 Å². The van der Waals surface area contributed by atoms with Crippen LogP contribution < -0.4 is 10.2 Å². The Bertz CT molecular complexity index is 1440. The second-order valence-corrected chi connectivity index (χ2v) is 18.3. The summed E-state index contributed by atoms with van der Waals surface area (Å²) in [6.45, 7) is 16.8. The molecular weight excluding hydrogens is 991 g/mol. The summed E-state index contributed by atoms with van der Waals surface area (Å²) in [5.41, 5.74) is -0.227. The first kappa shape index (κ1) is 71.8. The predicted octanol–water partition coefficient (Wildman–Crippen LogP) is 16.1. The van der Waals surface area contributed by atoms with Crippen LogP contribution in [0.25, 0.3) is 0 Å². The van der Waals surface area contributed by atoms with Gasteiger partial charge in [-0.1, -0.05) is 295 Å². The van der Waals surface area contributed by atoms with Crippen LogP contribution in [0.4, 0.5) is 0 Å². The smallest absolute Gasteiger partial charge is 0.545 e. The number of hydrogen-bond donors (Lipinski definition) is 0. The molecular formula is C62H100O8Sn. The molecule has 0 aliphatic heterocycles. The van der Waals surface area contributed by atoms with Crippen molar-refractivity contribution in [1.29, 1.82) is 0 Å². The first-order valence-electron chi connectivity index (χ1n) is 28.0. The number of carbonyl (C=O) groups is 4. The molecule has 0 aliphatic rings. The summed E-state index contributed by atoms with van der Waals surface area (Å²) in [7, 11) is 0. The number of carboxylic acid groups (broad SMARTS) is 2. The van der Waals surface area contributed by atoms with Gasteiger partial charge in [0.25, 0.3) is 0 Å². The average Bonchev–Trinajstić information content (AvgIpc) is 3.37. The number of rotatable bonds is 40. The molecule has 8 nitrogen and oxygen atoms in total. The molecule has 2 aromatic rings. The van der Waals surface area contributed by atoms with E-state index in [1.54, 1.807) is 24.3 Å². The van der Waals surface area contributed by atoms with Gasteiger partial charge < -0.3 is 29.3 Å². The first-order valence-corrected chi connectivity index (χ1v) is 28.0. The van der Waals surface area contributed by atoms with Crippen molar-refractivity contribution in [3.63, 3.8) is 0 Å². The first-order chi connectivity index (χ1) is 34.2. The third-order valence-electron chi connectivity index (χ3n) is 11.8. The van der Waals surface area contributed by atoms with Crippen LogP contribution in [0.5, 0.6) is 0 Å². The summed E-state index contributed by atoms with van der Waals surface area (Å²) in [4.78, 5) is 45.9. The molecule has 0 N–H and O–H groups in total. The normalized spacial score (nSPS) is 10.6. The van der Waals surface area contributed by atoms with E-state index >= 15 is 0 Å². The van der Waals surface area contributed by atoms with Gasteiger partial charge in [-0.15, -0.1) is 0 Å². The van der Waals surface area contributed by atoms with Crippen molar-refractivity contribution in [3.05, 3.63) is 109 Å². The largest absolute Gasteiger partial charge is 2.00 e. The van der Waals surface area contributed by atoms with Crippen molar-refractivity contribution in [1.82, 2.24) is 0 Å². The summed E-state index contributed by atoms with van der Waals surface area (Å²) in [5, 5.41) is 22.0. The Kier molecular flexibility index (Phi) is 58.2. The van der Waals surface area contributed by atoms with E-state index in [0.29, 0.717) is 0 Å². The molecule has 400 valence electrons. The molecule has 0 fully saturated rings. The SMILES string of the molecule is CCCCCCCCCCCC/C=C/COC(=O)c1ccccc1C(=O)[O-].CCCCCCCCCCCC/C=C/COC(=O)c1ccccc1C(=O)[O-].[CH2]CCCCCCC.[CH2]CCCCCCC.[Sn+2]. The van der Waals surface area contributed by atoms with Crippen molar-refractivity contribution in [2.75, 3.05) is 13.2 Å². The van der Waals surface area contributed by atoms with Gasteiger partial charge in [0.1, 0.15) is 13.2 Å². The zero-order chi connectivity index (χ0) is 52.0. The molecule has 2 aromatic carbocycles. The molecule has 9 heteroatoms. The van der Waals surface area contributed by atoms with Crippen molar-refractivity contribution in [2.24, 2.45) is 0 Å². The maximum atomic E-state index is 11.9. The number of benzene rings is 2. The number of carboxylic acids is 2. The van der Waals surface area contributed by atoms with Gasteiger partial charge in [0.15, 0.2) is 0 Å². The molecule has 2 rings (SSSR count). The monoisotopic (exact) mass is 1090 g/mol. The van der Waals surface area contributed by atoms with Crippen LogP contribution in [-0.4, -0.2) is 61.0 Å². The third-order valence-corrected chi connectivity index (χ3v) is 11.8. The molecule has 0 atom stereocenters. The van der Waals surface area contributed by atoms with Gasteiger partial charge in [-0.2, -0.15) is 0 Å². The number of aromatic carboxylic acids is 2. The summed E-state index contributed by atoms with van der Waals surface area (Å²) in [5.74, 6) is -4.03. The van der Waals surface area contributed by atoms with Gasteiger partial charge in [0, 0.05) is 11.1 Å². The molecule has 0 unspecified atom stereocenters. The van der Waals surface area contributed by atoms with Crippen molar-refractivity contribution < 1.29 is 38.9 Å². The van der Waals surface area contributed by atoms with Gasteiger partial charge in [0.2, 0.25) is 0 Å². The van der Waals surface area contributed by atoms with Crippen molar-refractivity contribution in [3.8, 4) is 0 Å². The van der Waals surface area contributed by atoms with Gasteiger partial charge in [-0.25, -0.2) is 9.59 Å². The summed E-state index contributed by atoms with van der Waals surface area (Å²) in [6.07, 6.45) is 51.8. The van der Waals surface area contributed by atoms with E-state index in [1.807, 2.05) is 24.3 Å². The third kappa shape index (κ3) is 47.4. The molecule has 0 spiro atoms. The Balaban J connectivity index is -0.000000986. The fraction of sp³-hybridized carbons (Fsp3) is 0.645. The zero-order valence-corrected chi connectivity index (χ0v) is 48.4. The van der Waals surface area contributed by atoms with Crippen LogP contribution in [0.1, 0.15) is 287 Å². The molecule has 0 heterocycles. The van der Waals surface area contributed by atoms with Gasteiger partial charge in [-0.3, -0.25) is 0 Å². The number of esters is 2. The second-order valence-electron chi connectivity index (χ2n) is 18.3. The minimum Gasteiger partial charge on any atom is -0.545 e. The molecule has 0 saturated heterocycles. The van der Waals surface area contributed by atoms with E-state index in [2.05, 4.69) is 41.5 Å².